The number of ether oxygens (including phenoxy) is 3. The molecule has 1 aromatic carbocycles. The van der Waals surface area contributed by atoms with Crippen molar-refractivity contribution in [2.45, 2.75) is 58.4 Å². The normalized spacial score (nSPS) is 19.2. The minimum absolute atomic E-state index is 0.198. The molecule has 2 rings (SSSR count). The molecular weight excluding hydrogens is 346 g/mol. The predicted molar refractivity (Wildman–Crippen MR) is 103 cm³/mol. The molecule has 1 saturated carbocycles. The van der Waals surface area contributed by atoms with Gasteiger partial charge in [-0.15, -0.1) is 0 Å². The van der Waals surface area contributed by atoms with Gasteiger partial charge in [-0.05, 0) is 44.2 Å². The molecule has 0 aliphatic heterocycles. The molecule has 0 saturated heterocycles. The number of nitrogens with one attached hydrogen (secondary N) is 1. The van der Waals surface area contributed by atoms with Crippen LogP contribution in [0.15, 0.2) is 24.3 Å². The highest BCUT2D eigenvalue weighted by molar-refractivity contribution is 5.80. The van der Waals surface area contributed by atoms with Crippen LogP contribution in [0.4, 0.5) is 0 Å². The van der Waals surface area contributed by atoms with Gasteiger partial charge >= 0.3 is 5.97 Å². The maximum Gasteiger partial charge on any atom is 0.306 e. The van der Waals surface area contributed by atoms with E-state index in [0.29, 0.717) is 37.1 Å². The third kappa shape index (κ3) is 7.49. The van der Waals surface area contributed by atoms with Crippen LogP contribution >= 0.6 is 0 Å². The van der Waals surface area contributed by atoms with E-state index in [1.807, 2.05) is 31.2 Å². The molecule has 0 radical (unpaired) electrons. The number of rotatable bonds is 10. The summed E-state index contributed by atoms with van der Waals surface area (Å²) < 4.78 is 16.2. The minimum Gasteiger partial charge on any atom is -0.490 e. The smallest absolute Gasteiger partial charge is 0.306 e. The molecule has 27 heavy (non-hydrogen) atoms. The summed E-state index contributed by atoms with van der Waals surface area (Å²) in [7, 11) is 0. The zero-order chi connectivity index (χ0) is 19.5. The second kappa shape index (κ2) is 11.5. The third-order valence-corrected chi connectivity index (χ3v) is 4.75. The first-order valence-electron chi connectivity index (χ1n) is 9.89. The Morgan fingerprint density at radius 1 is 1.11 bits per heavy atom. The number of hydrogen-bond acceptors (Lipinski definition) is 5. The van der Waals surface area contributed by atoms with Gasteiger partial charge in [0.05, 0.1) is 13.2 Å². The number of amides is 1. The number of esters is 1. The van der Waals surface area contributed by atoms with Crippen LogP contribution in [0, 0.1) is 5.92 Å². The number of carbonyl (C=O) groups is 2. The number of para-hydroxylation sites is 2. The van der Waals surface area contributed by atoms with Crippen molar-refractivity contribution in [3.63, 3.8) is 0 Å². The van der Waals surface area contributed by atoms with Crippen LogP contribution < -0.4 is 14.8 Å². The summed E-state index contributed by atoms with van der Waals surface area (Å²) in [4.78, 5) is 23.8. The SMILES string of the molecule is CCOc1ccccc1OCCCC(=O)OCC(=O)N[C@H]1CCCC[C@@H]1C. The predicted octanol–water partition coefficient (Wildman–Crippen LogP) is 3.48. The molecular formula is C21H31NO5. The maximum atomic E-state index is 11.9. The molecule has 1 aliphatic rings. The fourth-order valence-electron chi connectivity index (χ4n) is 3.24. The highest BCUT2D eigenvalue weighted by Gasteiger charge is 2.23. The van der Waals surface area contributed by atoms with Crippen LogP contribution in [-0.4, -0.2) is 37.7 Å². The van der Waals surface area contributed by atoms with Gasteiger partial charge in [0.15, 0.2) is 18.1 Å². The van der Waals surface area contributed by atoms with Gasteiger partial charge < -0.3 is 19.5 Å². The fourth-order valence-corrected chi connectivity index (χ4v) is 3.24. The molecule has 1 aliphatic carbocycles. The van der Waals surface area contributed by atoms with Crippen LogP contribution in [0.2, 0.25) is 0 Å². The van der Waals surface area contributed by atoms with Gasteiger partial charge in [0, 0.05) is 12.5 Å². The van der Waals surface area contributed by atoms with E-state index in [9.17, 15) is 9.59 Å². The van der Waals surface area contributed by atoms with E-state index in [2.05, 4.69) is 12.2 Å². The van der Waals surface area contributed by atoms with E-state index in [4.69, 9.17) is 14.2 Å². The second-order valence-corrected chi connectivity index (χ2v) is 6.93. The van der Waals surface area contributed by atoms with Crippen molar-refractivity contribution >= 4 is 11.9 Å². The Hall–Kier alpha value is -2.24. The third-order valence-electron chi connectivity index (χ3n) is 4.75. The van der Waals surface area contributed by atoms with Crippen molar-refractivity contribution in [2.24, 2.45) is 5.92 Å². The Bertz CT molecular complexity index is 604. The van der Waals surface area contributed by atoms with Crippen LogP contribution in [0.1, 0.15) is 52.4 Å². The zero-order valence-electron chi connectivity index (χ0n) is 16.4. The molecule has 1 aromatic rings. The average molecular weight is 377 g/mol. The molecule has 0 unspecified atom stereocenters. The molecule has 0 spiro atoms. The van der Waals surface area contributed by atoms with Crippen molar-refractivity contribution in [3.8, 4) is 11.5 Å². The Morgan fingerprint density at radius 2 is 1.81 bits per heavy atom. The van der Waals surface area contributed by atoms with Gasteiger partial charge in [0.1, 0.15) is 0 Å². The summed E-state index contributed by atoms with van der Waals surface area (Å²) in [5.41, 5.74) is 0. The number of hydrogen-bond donors (Lipinski definition) is 1. The van der Waals surface area contributed by atoms with Gasteiger partial charge in [-0.25, -0.2) is 0 Å². The van der Waals surface area contributed by atoms with Crippen molar-refractivity contribution in [3.05, 3.63) is 24.3 Å². The van der Waals surface area contributed by atoms with E-state index < -0.39 is 0 Å². The Kier molecular flexibility index (Phi) is 8.95. The summed E-state index contributed by atoms with van der Waals surface area (Å²) in [6, 6.07) is 7.63. The van der Waals surface area contributed by atoms with E-state index in [0.717, 1.165) is 19.3 Å². The lowest BCUT2D eigenvalue weighted by Crippen LogP contribution is -2.42. The van der Waals surface area contributed by atoms with Crippen LogP contribution in [0.25, 0.3) is 0 Å². The summed E-state index contributed by atoms with van der Waals surface area (Å²) in [6.07, 6.45) is 5.23. The quantitative estimate of drug-likeness (QED) is 0.499. The molecule has 0 heterocycles. The van der Waals surface area contributed by atoms with E-state index in [1.54, 1.807) is 0 Å². The van der Waals surface area contributed by atoms with E-state index in [1.165, 1.54) is 6.42 Å². The molecule has 0 aromatic heterocycles. The van der Waals surface area contributed by atoms with Crippen LogP contribution in [0.3, 0.4) is 0 Å². The Morgan fingerprint density at radius 3 is 2.52 bits per heavy atom. The molecule has 1 N–H and O–H groups in total. The first-order valence-corrected chi connectivity index (χ1v) is 9.89. The van der Waals surface area contributed by atoms with Crippen molar-refractivity contribution < 1.29 is 23.8 Å². The summed E-state index contributed by atoms with van der Waals surface area (Å²) in [6.45, 7) is 4.80. The van der Waals surface area contributed by atoms with Gasteiger partial charge in [-0.3, -0.25) is 9.59 Å². The van der Waals surface area contributed by atoms with Crippen LogP contribution in [-0.2, 0) is 14.3 Å². The van der Waals surface area contributed by atoms with Crippen molar-refractivity contribution in [1.29, 1.82) is 0 Å². The lowest BCUT2D eigenvalue weighted by molar-refractivity contribution is -0.149. The number of carbonyl (C=O) groups excluding carboxylic acids is 2. The molecule has 0 bridgehead atoms. The van der Waals surface area contributed by atoms with Crippen LogP contribution in [0.5, 0.6) is 11.5 Å². The summed E-state index contributed by atoms with van der Waals surface area (Å²) in [5.74, 6) is 1.23. The zero-order valence-corrected chi connectivity index (χ0v) is 16.4. The highest BCUT2D eigenvalue weighted by Crippen LogP contribution is 2.26. The first kappa shape index (κ1) is 21.1. The second-order valence-electron chi connectivity index (χ2n) is 6.93. The molecule has 1 fully saturated rings. The highest BCUT2D eigenvalue weighted by atomic mass is 16.5. The summed E-state index contributed by atoms with van der Waals surface area (Å²) in [5, 5.41) is 2.98. The first-order chi connectivity index (χ1) is 13.1. The molecule has 150 valence electrons. The Labute approximate surface area is 161 Å². The number of benzene rings is 1. The fraction of sp³-hybridized carbons (Fsp3) is 0.619. The average Bonchev–Trinajstić information content (AvgIpc) is 2.67. The van der Waals surface area contributed by atoms with Gasteiger partial charge in [-0.1, -0.05) is 31.9 Å². The maximum absolute atomic E-state index is 11.9. The van der Waals surface area contributed by atoms with Gasteiger partial charge in [0.25, 0.3) is 5.91 Å². The standard InChI is InChI=1S/C21H31NO5/c1-3-25-18-11-6-7-12-19(18)26-14-8-13-21(24)27-15-20(23)22-17-10-5-4-9-16(17)2/h6-7,11-12,16-17H,3-5,8-10,13-15H2,1-2H3,(H,22,23)/t16-,17-/m0/s1. The Balaban J connectivity index is 1.60. The molecule has 2 atom stereocenters. The summed E-state index contributed by atoms with van der Waals surface area (Å²) >= 11 is 0. The lowest BCUT2D eigenvalue weighted by Gasteiger charge is -2.29. The minimum atomic E-state index is -0.386. The van der Waals surface area contributed by atoms with E-state index in [-0.39, 0.29) is 30.9 Å². The molecule has 6 nitrogen and oxygen atoms in total. The van der Waals surface area contributed by atoms with E-state index >= 15 is 0 Å². The lowest BCUT2D eigenvalue weighted by atomic mass is 9.86. The monoisotopic (exact) mass is 377 g/mol. The van der Waals surface area contributed by atoms with Gasteiger partial charge in [-0.2, -0.15) is 0 Å². The van der Waals surface area contributed by atoms with Crippen molar-refractivity contribution in [1.82, 2.24) is 5.32 Å². The van der Waals surface area contributed by atoms with Crippen molar-refractivity contribution in [2.75, 3.05) is 19.8 Å². The molecule has 6 heteroatoms. The topological polar surface area (TPSA) is 73.9 Å². The largest absolute Gasteiger partial charge is 0.490 e. The van der Waals surface area contributed by atoms with Gasteiger partial charge in [0.2, 0.25) is 0 Å². The molecule has 1 amide bonds.